The number of halogens is 3. The molecule has 0 amide bonds. The Morgan fingerprint density at radius 1 is 1.38 bits per heavy atom. The van der Waals surface area contributed by atoms with E-state index in [2.05, 4.69) is 4.98 Å². The lowest BCUT2D eigenvalue weighted by atomic mass is 10.2. The zero-order valence-corrected chi connectivity index (χ0v) is 12.4. The number of hydrogen-bond donors (Lipinski definition) is 0. The van der Waals surface area contributed by atoms with Crippen LogP contribution in [0, 0.1) is 11.6 Å². The second-order valence-corrected chi connectivity index (χ2v) is 5.65. The van der Waals surface area contributed by atoms with Gasteiger partial charge in [-0.1, -0.05) is 0 Å². The quantitative estimate of drug-likeness (QED) is 0.787. The largest absolute Gasteiger partial charge is 0.378 e. The monoisotopic (exact) mass is 314 g/mol. The number of rotatable bonds is 5. The third-order valence-electron chi connectivity index (χ3n) is 3.90. The molecule has 1 unspecified atom stereocenters. The first kappa shape index (κ1) is 14.7. The van der Waals surface area contributed by atoms with E-state index >= 15 is 0 Å². The second kappa shape index (κ2) is 6.28. The van der Waals surface area contributed by atoms with Gasteiger partial charge in [0.05, 0.1) is 11.6 Å². The molecule has 0 aliphatic carbocycles. The van der Waals surface area contributed by atoms with E-state index in [1.54, 1.807) is 4.57 Å². The van der Waals surface area contributed by atoms with Crippen molar-refractivity contribution >= 4 is 22.6 Å². The number of benzene rings is 1. The number of aryl methyl sites for hydroxylation is 2. The number of ether oxygens (including phenoxy) is 1. The summed E-state index contributed by atoms with van der Waals surface area (Å²) in [6, 6.07) is 2.62. The second-order valence-electron chi connectivity index (χ2n) is 5.27. The topological polar surface area (TPSA) is 27.1 Å². The molecule has 1 saturated heterocycles. The predicted molar refractivity (Wildman–Crippen MR) is 77.7 cm³/mol. The van der Waals surface area contributed by atoms with Gasteiger partial charge in [-0.05, 0) is 31.4 Å². The van der Waals surface area contributed by atoms with Gasteiger partial charge in [-0.25, -0.2) is 13.8 Å². The van der Waals surface area contributed by atoms with E-state index in [0.29, 0.717) is 30.2 Å². The highest BCUT2D eigenvalue weighted by atomic mass is 35.5. The van der Waals surface area contributed by atoms with Crippen LogP contribution in [0.1, 0.15) is 25.1 Å². The average Bonchev–Trinajstić information content (AvgIpc) is 3.09. The number of hydrogen-bond acceptors (Lipinski definition) is 2. The first-order chi connectivity index (χ1) is 10.2. The van der Waals surface area contributed by atoms with Crippen molar-refractivity contribution in [3.05, 3.63) is 29.6 Å². The summed E-state index contributed by atoms with van der Waals surface area (Å²) in [4.78, 5) is 4.38. The minimum atomic E-state index is -0.849. The maximum Gasteiger partial charge on any atom is 0.184 e. The zero-order valence-electron chi connectivity index (χ0n) is 11.6. The van der Waals surface area contributed by atoms with Gasteiger partial charge < -0.3 is 9.30 Å². The maximum atomic E-state index is 14.1. The SMILES string of the molecule is Fc1ccc2nc(CCCl)n(CCC3CCCO3)c2c1F. The van der Waals surface area contributed by atoms with Crippen molar-refractivity contribution < 1.29 is 13.5 Å². The molecule has 21 heavy (non-hydrogen) atoms. The maximum absolute atomic E-state index is 14.1. The van der Waals surface area contributed by atoms with E-state index in [-0.39, 0.29) is 11.6 Å². The highest BCUT2D eigenvalue weighted by Crippen LogP contribution is 2.24. The molecule has 1 aromatic carbocycles. The van der Waals surface area contributed by atoms with E-state index in [0.717, 1.165) is 31.9 Å². The van der Waals surface area contributed by atoms with Crippen LogP contribution in [0.3, 0.4) is 0 Å². The van der Waals surface area contributed by atoms with Crippen LogP contribution in [0.5, 0.6) is 0 Å². The summed E-state index contributed by atoms with van der Waals surface area (Å²) < 4.78 is 34.9. The molecule has 0 bridgehead atoms. The summed E-state index contributed by atoms with van der Waals surface area (Å²) in [6.45, 7) is 1.35. The molecule has 0 radical (unpaired) electrons. The van der Waals surface area contributed by atoms with Gasteiger partial charge in [0, 0.05) is 25.5 Å². The molecule has 2 aromatic rings. The first-order valence-electron chi connectivity index (χ1n) is 7.21. The fraction of sp³-hybridized carbons (Fsp3) is 0.533. The summed E-state index contributed by atoms with van der Waals surface area (Å²) in [5.41, 5.74) is 0.703. The Hall–Kier alpha value is -1.20. The minimum Gasteiger partial charge on any atom is -0.378 e. The number of imidazole rings is 1. The third kappa shape index (κ3) is 2.90. The van der Waals surface area contributed by atoms with Crippen LogP contribution < -0.4 is 0 Å². The van der Waals surface area contributed by atoms with Crippen LogP contribution in [0.15, 0.2) is 12.1 Å². The van der Waals surface area contributed by atoms with Gasteiger partial charge >= 0.3 is 0 Å². The van der Waals surface area contributed by atoms with E-state index in [9.17, 15) is 8.78 Å². The van der Waals surface area contributed by atoms with Crippen molar-refractivity contribution in [2.75, 3.05) is 12.5 Å². The van der Waals surface area contributed by atoms with Crippen molar-refractivity contribution in [2.24, 2.45) is 0 Å². The molecule has 3 nitrogen and oxygen atoms in total. The van der Waals surface area contributed by atoms with Crippen molar-refractivity contribution in [2.45, 2.75) is 38.3 Å². The molecule has 2 heterocycles. The van der Waals surface area contributed by atoms with Gasteiger partial charge in [-0.2, -0.15) is 0 Å². The first-order valence-corrected chi connectivity index (χ1v) is 7.75. The molecule has 1 atom stereocenters. The molecule has 1 fully saturated rings. The van der Waals surface area contributed by atoms with Crippen LogP contribution >= 0.6 is 11.6 Å². The lowest BCUT2D eigenvalue weighted by molar-refractivity contribution is 0.100. The lowest BCUT2D eigenvalue weighted by Crippen LogP contribution is -2.13. The minimum absolute atomic E-state index is 0.197. The molecule has 1 aliphatic heterocycles. The highest BCUT2D eigenvalue weighted by Gasteiger charge is 2.20. The Morgan fingerprint density at radius 3 is 2.95 bits per heavy atom. The number of fused-ring (bicyclic) bond motifs is 1. The Kier molecular flexibility index (Phi) is 4.40. The molecular weight excluding hydrogens is 298 g/mol. The zero-order chi connectivity index (χ0) is 14.8. The number of alkyl halides is 1. The van der Waals surface area contributed by atoms with Crippen molar-refractivity contribution in [3.8, 4) is 0 Å². The van der Waals surface area contributed by atoms with Crippen molar-refractivity contribution in [1.82, 2.24) is 9.55 Å². The number of aromatic nitrogens is 2. The summed E-state index contributed by atoms with van der Waals surface area (Å²) >= 11 is 5.79. The lowest BCUT2D eigenvalue weighted by Gasteiger charge is -2.13. The van der Waals surface area contributed by atoms with Crippen molar-refractivity contribution in [1.29, 1.82) is 0 Å². The molecule has 1 aliphatic rings. The Balaban J connectivity index is 1.95. The standard InChI is InChI=1S/C15H17ClF2N2O/c16-7-5-13-19-12-4-3-11(17)14(18)15(12)20(13)8-6-10-2-1-9-21-10/h3-4,10H,1-2,5-9H2. The van der Waals surface area contributed by atoms with Gasteiger partial charge in [0.15, 0.2) is 11.6 Å². The molecule has 0 saturated carbocycles. The summed E-state index contributed by atoms with van der Waals surface area (Å²) in [7, 11) is 0. The van der Waals surface area contributed by atoms with Gasteiger partial charge in [0.1, 0.15) is 11.3 Å². The van der Waals surface area contributed by atoms with Crippen molar-refractivity contribution in [3.63, 3.8) is 0 Å². The molecule has 6 heteroatoms. The van der Waals surface area contributed by atoms with Crippen LogP contribution in [-0.4, -0.2) is 28.1 Å². The fourth-order valence-corrected chi connectivity index (χ4v) is 3.04. The Bertz CT molecular complexity index is 638. The predicted octanol–water partition coefficient (Wildman–Crippen LogP) is 3.66. The van der Waals surface area contributed by atoms with Crippen LogP contribution in [0.4, 0.5) is 8.78 Å². The van der Waals surface area contributed by atoms with Gasteiger partial charge in [0.25, 0.3) is 0 Å². The van der Waals surface area contributed by atoms with E-state index < -0.39 is 11.6 Å². The molecular formula is C15H17ClF2N2O. The van der Waals surface area contributed by atoms with Crippen LogP contribution in [-0.2, 0) is 17.7 Å². The smallest absolute Gasteiger partial charge is 0.184 e. The van der Waals surface area contributed by atoms with Crippen LogP contribution in [0.2, 0.25) is 0 Å². The number of nitrogens with zero attached hydrogens (tertiary/aromatic N) is 2. The third-order valence-corrected chi connectivity index (χ3v) is 4.08. The molecule has 114 valence electrons. The fourth-order valence-electron chi connectivity index (χ4n) is 2.87. The Morgan fingerprint density at radius 2 is 2.24 bits per heavy atom. The molecule has 0 spiro atoms. The highest BCUT2D eigenvalue weighted by molar-refractivity contribution is 6.17. The summed E-state index contributed by atoms with van der Waals surface area (Å²) in [6.07, 6.45) is 3.59. The van der Waals surface area contributed by atoms with Gasteiger partial charge in [-0.3, -0.25) is 0 Å². The summed E-state index contributed by atoms with van der Waals surface area (Å²) in [5, 5.41) is 0. The normalized spacial score (nSPS) is 18.7. The van der Waals surface area contributed by atoms with E-state index in [1.165, 1.54) is 6.07 Å². The van der Waals surface area contributed by atoms with E-state index in [4.69, 9.17) is 16.3 Å². The van der Waals surface area contributed by atoms with Crippen LogP contribution in [0.25, 0.3) is 11.0 Å². The van der Waals surface area contributed by atoms with Gasteiger partial charge in [-0.15, -0.1) is 11.6 Å². The summed E-state index contributed by atoms with van der Waals surface area (Å²) in [5.74, 6) is -0.596. The average molecular weight is 315 g/mol. The molecule has 3 rings (SSSR count). The molecule has 1 aromatic heterocycles. The van der Waals surface area contributed by atoms with E-state index in [1.807, 2.05) is 0 Å². The molecule has 0 N–H and O–H groups in total. The Labute approximate surface area is 126 Å². The van der Waals surface area contributed by atoms with Gasteiger partial charge in [0.2, 0.25) is 0 Å².